The van der Waals surface area contributed by atoms with Gasteiger partial charge in [0.15, 0.2) is 0 Å². The molecule has 2 aliphatic heterocycles. The van der Waals surface area contributed by atoms with E-state index >= 15 is 0 Å². The monoisotopic (exact) mass is 313 g/mol. The molecule has 1 aromatic heterocycles. The molecular weight excluding hydrogens is 294 g/mol. The molecule has 8 heteroatoms. The van der Waals surface area contributed by atoms with Crippen molar-refractivity contribution in [1.29, 1.82) is 0 Å². The van der Waals surface area contributed by atoms with E-state index in [1.807, 2.05) is 0 Å². The highest BCUT2D eigenvalue weighted by Gasteiger charge is 2.53. The van der Waals surface area contributed by atoms with Crippen LogP contribution >= 0.6 is 0 Å². The van der Waals surface area contributed by atoms with Crippen LogP contribution in [0, 0.1) is 11.3 Å². The van der Waals surface area contributed by atoms with E-state index in [9.17, 15) is 8.42 Å². The van der Waals surface area contributed by atoms with Crippen LogP contribution < -0.4 is 0 Å². The zero-order chi connectivity index (χ0) is 14.7. The number of ether oxygens (including phenoxy) is 1. The van der Waals surface area contributed by atoms with Gasteiger partial charge in [-0.2, -0.15) is 0 Å². The molecule has 1 aliphatic carbocycles. The molecule has 3 aliphatic rings. The smallest absolute Gasteiger partial charge is 0.219 e. The number of nitrogens with zero attached hydrogens (tertiary/aromatic N) is 3. The predicted octanol–water partition coefficient (Wildman–Crippen LogP) is 0.397. The van der Waals surface area contributed by atoms with Crippen molar-refractivity contribution in [2.24, 2.45) is 11.3 Å². The van der Waals surface area contributed by atoms with Crippen molar-refractivity contribution < 1.29 is 17.6 Å². The minimum atomic E-state index is -3.16. The first-order chi connectivity index (χ1) is 9.96. The number of rotatable bonds is 4. The maximum absolute atomic E-state index is 11.8. The quantitative estimate of drug-likeness (QED) is 0.800. The molecule has 0 N–H and O–H groups in total. The Labute approximate surface area is 123 Å². The van der Waals surface area contributed by atoms with Crippen LogP contribution in [0.15, 0.2) is 4.42 Å². The van der Waals surface area contributed by atoms with E-state index in [0.717, 1.165) is 18.7 Å². The fraction of sp³-hybridized carbons (Fsp3) is 0.846. The normalized spacial score (nSPS) is 33.5. The first kappa shape index (κ1) is 13.7. The molecule has 0 unspecified atom stereocenters. The lowest BCUT2D eigenvalue weighted by Crippen LogP contribution is -2.35. The molecule has 1 saturated carbocycles. The lowest BCUT2D eigenvalue weighted by Gasteiger charge is -2.24. The largest absolute Gasteiger partial charge is 0.425 e. The molecule has 2 atom stereocenters. The maximum atomic E-state index is 11.8. The Balaban J connectivity index is 1.56. The van der Waals surface area contributed by atoms with E-state index in [1.54, 1.807) is 4.31 Å². The Bertz CT molecular complexity index is 654. The highest BCUT2D eigenvalue weighted by Crippen LogP contribution is 2.45. The summed E-state index contributed by atoms with van der Waals surface area (Å²) < 4.78 is 36.5. The fourth-order valence-corrected chi connectivity index (χ4v) is 4.36. The number of hydrogen-bond acceptors (Lipinski definition) is 6. The summed E-state index contributed by atoms with van der Waals surface area (Å²) in [4.78, 5) is 0. The van der Waals surface area contributed by atoms with Gasteiger partial charge in [0.25, 0.3) is 0 Å². The summed E-state index contributed by atoms with van der Waals surface area (Å²) >= 11 is 0. The van der Waals surface area contributed by atoms with Gasteiger partial charge in [-0.15, -0.1) is 10.2 Å². The summed E-state index contributed by atoms with van der Waals surface area (Å²) in [5, 5.41) is 8.25. The van der Waals surface area contributed by atoms with Crippen molar-refractivity contribution in [3.63, 3.8) is 0 Å². The van der Waals surface area contributed by atoms with E-state index in [2.05, 4.69) is 10.2 Å². The molecule has 2 saturated heterocycles. The highest BCUT2D eigenvalue weighted by molar-refractivity contribution is 7.88. The molecule has 7 nitrogen and oxygen atoms in total. The second-order valence-corrected chi connectivity index (χ2v) is 8.60. The number of hydrogen-bond donors (Lipinski definition) is 0. The summed E-state index contributed by atoms with van der Waals surface area (Å²) in [5.41, 5.74) is -0.212. The van der Waals surface area contributed by atoms with Crippen molar-refractivity contribution in [3.05, 3.63) is 11.8 Å². The van der Waals surface area contributed by atoms with Gasteiger partial charge in [0.05, 0.1) is 19.5 Å². The van der Waals surface area contributed by atoms with E-state index in [4.69, 9.17) is 9.15 Å². The van der Waals surface area contributed by atoms with Crippen LogP contribution in [0.1, 0.15) is 30.5 Å². The van der Waals surface area contributed by atoms with Gasteiger partial charge in [0.1, 0.15) is 0 Å². The first-order valence-electron chi connectivity index (χ1n) is 7.31. The Morgan fingerprint density at radius 3 is 2.90 bits per heavy atom. The van der Waals surface area contributed by atoms with Gasteiger partial charge in [-0.25, -0.2) is 12.7 Å². The van der Waals surface area contributed by atoms with Gasteiger partial charge < -0.3 is 9.15 Å². The topological polar surface area (TPSA) is 85.5 Å². The van der Waals surface area contributed by atoms with Crippen molar-refractivity contribution >= 4 is 10.0 Å². The van der Waals surface area contributed by atoms with Crippen molar-refractivity contribution in [3.8, 4) is 0 Å². The minimum Gasteiger partial charge on any atom is -0.425 e. The minimum absolute atomic E-state index is 0.212. The molecule has 116 valence electrons. The molecule has 0 spiro atoms. The third-order valence-electron chi connectivity index (χ3n) is 4.87. The molecule has 0 radical (unpaired) electrons. The molecule has 0 amide bonds. The van der Waals surface area contributed by atoms with Crippen molar-refractivity contribution in [2.45, 2.75) is 25.2 Å². The third kappa shape index (κ3) is 2.39. The summed E-state index contributed by atoms with van der Waals surface area (Å²) in [6.07, 6.45) is 4.12. The molecule has 4 rings (SSSR count). The lowest BCUT2D eigenvalue weighted by atomic mass is 9.78. The Hall–Kier alpha value is -0.990. The molecule has 3 fully saturated rings. The van der Waals surface area contributed by atoms with Gasteiger partial charge in [-0.05, 0) is 12.8 Å². The van der Waals surface area contributed by atoms with E-state index in [0.29, 0.717) is 44.5 Å². The van der Waals surface area contributed by atoms with Gasteiger partial charge >= 0.3 is 0 Å². The van der Waals surface area contributed by atoms with Gasteiger partial charge in [-0.1, -0.05) is 0 Å². The number of sulfonamides is 1. The second-order valence-electron chi connectivity index (χ2n) is 6.62. The molecule has 3 heterocycles. The van der Waals surface area contributed by atoms with Crippen LogP contribution in [0.25, 0.3) is 0 Å². The van der Waals surface area contributed by atoms with Gasteiger partial charge in [-0.3, -0.25) is 0 Å². The number of aromatic nitrogens is 2. The van der Waals surface area contributed by atoms with Gasteiger partial charge in [0, 0.05) is 36.8 Å². The fourth-order valence-electron chi connectivity index (χ4n) is 3.42. The molecule has 21 heavy (non-hydrogen) atoms. The molecular formula is C13H19N3O4S. The van der Waals surface area contributed by atoms with E-state index < -0.39 is 10.0 Å². The lowest BCUT2D eigenvalue weighted by molar-refractivity contribution is 0.138. The maximum Gasteiger partial charge on any atom is 0.219 e. The standard InChI is InChI=1S/C13H19N3O4S/c1-21(17,18)16-5-10-6-19-8-13(10,7-16)4-11-14-15-12(20-11)9-2-3-9/h9-10H,2-8H2,1H3/t10-,13-/m1/s1. The SMILES string of the molecule is CS(=O)(=O)N1C[C@@H]2COC[C@@]2(Cc2nnc(C3CC3)o2)C1. The molecule has 1 aromatic rings. The average Bonchev–Trinajstić information content (AvgIpc) is 2.86. The Morgan fingerprint density at radius 2 is 2.19 bits per heavy atom. The summed E-state index contributed by atoms with van der Waals surface area (Å²) in [7, 11) is -3.16. The second kappa shape index (κ2) is 4.50. The van der Waals surface area contributed by atoms with Crippen LogP contribution in [-0.2, 0) is 21.2 Å². The summed E-state index contributed by atoms with van der Waals surface area (Å²) in [6, 6.07) is 0. The zero-order valence-corrected chi connectivity index (χ0v) is 12.8. The first-order valence-corrected chi connectivity index (χ1v) is 9.16. The highest BCUT2D eigenvalue weighted by atomic mass is 32.2. The van der Waals surface area contributed by atoms with E-state index in [1.165, 1.54) is 6.26 Å². The summed E-state index contributed by atoms with van der Waals surface area (Å²) in [5.74, 6) is 2.00. The van der Waals surface area contributed by atoms with Crippen molar-refractivity contribution in [2.75, 3.05) is 32.6 Å². The van der Waals surface area contributed by atoms with Crippen LogP contribution in [0.4, 0.5) is 0 Å². The van der Waals surface area contributed by atoms with Crippen LogP contribution in [0.2, 0.25) is 0 Å². The Kier molecular flexibility index (Phi) is 2.93. The molecule has 0 aromatic carbocycles. The zero-order valence-electron chi connectivity index (χ0n) is 12.0. The third-order valence-corrected chi connectivity index (χ3v) is 6.09. The van der Waals surface area contributed by atoms with E-state index in [-0.39, 0.29) is 11.3 Å². The van der Waals surface area contributed by atoms with Crippen molar-refractivity contribution in [1.82, 2.24) is 14.5 Å². The van der Waals surface area contributed by atoms with Gasteiger partial charge in [0.2, 0.25) is 21.8 Å². The summed E-state index contributed by atoms with van der Waals surface area (Å²) in [6.45, 7) is 2.18. The number of fused-ring (bicyclic) bond motifs is 1. The average molecular weight is 313 g/mol. The Morgan fingerprint density at radius 1 is 1.38 bits per heavy atom. The van der Waals surface area contributed by atoms with Crippen LogP contribution in [0.3, 0.4) is 0 Å². The van der Waals surface area contributed by atoms with Crippen LogP contribution in [-0.4, -0.2) is 55.5 Å². The molecule has 0 bridgehead atoms. The predicted molar refractivity (Wildman–Crippen MR) is 73.1 cm³/mol. The van der Waals surface area contributed by atoms with Crippen LogP contribution in [0.5, 0.6) is 0 Å².